The number of nitrogens with zero attached hydrogens (tertiary/aromatic N) is 2. The lowest BCUT2D eigenvalue weighted by molar-refractivity contribution is -0.127. The van der Waals surface area contributed by atoms with Gasteiger partial charge in [-0.3, -0.25) is 4.79 Å². The number of carbonyl (C=O) groups excluding carboxylic acids is 2. The van der Waals surface area contributed by atoms with Crippen LogP contribution in [0.15, 0.2) is 53.4 Å². The number of hydrogen-bond acceptors (Lipinski definition) is 4. The monoisotopic (exact) mass is 498 g/mol. The fraction of sp³-hybridized carbons (Fsp3) is 0.462. The van der Waals surface area contributed by atoms with Crippen molar-refractivity contribution in [3.8, 4) is 0 Å². The summed E-state index contributed by atoms with van der Waals surface area (Å²) in [6.07, 6.45) is 2.42. The number of benzene rings is 2. The van der Waals surface area contributed by atoms with E-state index in [1.54, 1.807) is 11.0 Å². The third-order valence-corrected chi connectivity index (χ3v) is 8.99. The number of rotatable bonds is 5. The van der Waals surface area contributed by atoms with Gasteiger partial charge in [0.25, 0.3) is 0 Å². The molecule has 2 heterocycles. The summed E-state index contributed by atoms with van der Waals surface area (Å²) < 4.78 is 27.7. The molecule has 0 radical (unpaired) electrons. The highest BCUT2D eigenvalue weighted by Crippen LogP contribution is 2.26. The molecule has 2 aromatic carbocycles. The van der Waals surface area contributed by atoms with Crippen LogP contribution in [0.5, 0.6) is 0 Å². The molecule has 2 aliphatic rings. The third kappa shape index (κ3) is 6.02. The number of hydrogen-bond donors (Lipinski definition) is 2. The zero-order valence-electron chi connectivity index (χ0n) is 20.4. The Morgan fingerprint density at radius 3 is 2.17 bits per heavy atom. The maximum atomic E-state index is 13.1. The number of anilines is 1. The fourth-order valence-electron chi connectivity index (χ4n) is 4.86. The topological polar surface area (TPSA) is 98.8 Å². The first-order chi connectivity index (χ1) is 16.7. The second kappa shape index (κ2) is 10.8. The molecule has 0 spiro atoms. The number of para-hydroxylation sites is 1. The lowest BCUT2D eigenvalue weighted by Crippen LogP contribution is -2.50. The van der Waals surface area contributed by atoms with Gasteiger partial charge in [-0.15, -0.1) is 0 Å². The van der Waals surface area contributed by atoms with Crippen LogP contribution in [0.2, 0.25) is 0 Å². The second-order valence-electron chi connectivity index (χ2n) is 9.51. The van der Waals surface area contributed by atoms with Crippen molar-refractivity contribution < 1.29 is 18.0 Å². The molecule has 0 saturated carbocycles. The highest BCUT2D eigenvalue weighted by atomic mass is 32.2. The van der Waals surface area contributed by atoms with Gasteiger partial charge in [0.15, 0.2) is 0 Å². The van der Waals surface area contributed by atoms with Crippen LogP contribution in [0.4, 0.5) is 10.5 Å². The molecule has 3 amide bonds. The molecule has 0 atom stereocenters. The molecule has 0 aromatic heterocycles. The van der Waals surface area contributed by atoms with E-state index in [1.165, 1.54) is 4.31 Å². The molecule has 2 aromatic rings. The van der Waals surface area contributed by atoms with Crippen LogP contribution in [-0.4, -0.2) is 61.8 Å². The van der Waals surface area contributed by atoms with Crippen LogP contribution in [0.25, 0.3) is 0 Å². The van der Waals surface area contributed by atoms with Crippen molar-refractivity contribution >= 4 is 27.6 Å². The van der Waals surface area contributed by atoms with Gasteiger partial charge in [-0.2, -0.15) is 4.31 Å². The van der Waals surface area contributed by atoms with Crippen LogP contribution in [0.1, 0.15) is 36.8 Å². The Morgan fingerprint density at radius 1 is 0.886 bits per heavy atom. The van der Waals surface area contributed by atoms with E-state index >= 15 is 0 Å². The Labute approximate surface area is 207 Å². The second-order valence-corrected chi connectivity index (χ2v) is 11.4. The summed E-state index contributed by atoms with van der Waals surface area (Å²) in [4.78, 5) is 27.4. The van der Waals surface area contributed by atoms with Gasteiger partial charge in [0.1, 0.15) is 0 Å². The Morgan fingerprint density at radius 2 is 1.54 bits per heavy atom. The molecule has 2 aliphatic heterocycles. The zero-order valence-corrected chi connectivity index (χ0v) is 21.2. The quantitative estimate of drug-likeness (QED) is 0.659. The lowest BCUT2D eigenvalue weighted by Gasteiger charge is -2.35. The van der Waals surface area contributed by atoms with Crippen LogP contribution >= 0.6 is 0 Å². The summed E-state index contributed by atoms with van der Waals surface area (Å²) in [5.41, 5.74) is 2.53. The number of amides is 3. The largest absolute Gasteiger partial charge is 0.353 e. The molecular formula is C26H34N4O4S. The highest BCUT2D eigenvalue weighted by molar-refractivity contribution is 7.89. The number of carbonyl (C=O) groups is 2. The van der Waals surface area contributed by atoms with Gasteiger partial charge in [-0.1, -0.05) is 35.9 Å². The van der Waals surface area contributed by atoms with Gasteiger partial charge < -0.3 is 15.5 Å². The predicted octanol–water partition coefficient (Wildman–Crippen LogP) is 3.52. The molecular weight excluding hydrogens is 464 g/mol. The van der Waals surface area contributed by atoms with E-state index in [-0.39, 0.29) is 23.9 Å². The van der Waals surface area contributed by atoms with Crippen LogP contribution in [-0.2, 0) is 14.8 Å². The molecule has 0 unspecified atom stereocenters. The average molecular weight is 499 g/mol. The molecule has 4 rings (SSSR count). The van der Waals surface area contributed by atoms with Gasteiger partial charge in [-0.25, -0.2) is 13.2 Å². The maximum absolute atomic E-state index is 13.1. The summed E-state index contributed by atoms with van der Waals surface area (Å²) in [6, 6.07) is 14.6. The Balaban J connectivity index is 1.23. The van der Waals surface area contributed by atoms with Gasteiger partial charge in [0, 0.05) is 43.8 Å². The van der Waals surface area contributed by atoms with E-state index in [9.17, 15) is 18.0 Å². The van der Waals surface area contributed by atoms with Crippen molar-refractivity contribution in [3.63, 3.8) is 0 Å². The molecule has 8 nitrogen and oxygen atoms in total. The number of likely N-dealkylation sites (tertiary alicyclic amines) is 1. The van der Waals surface area contributed by atoms with Crippen molar-refractivity contribution in [1.82, 2.24) is 14.5 Å². The summed E-state index contributed by atoms with van der Waals surface area (Å²) >= 11 is 0. The van der Waals surface area contributed by atoms with E-state index < -0.39 is 10.0 Å². The minimum atomic E-state index is -3.56. The molecule has 188 valence electrons. The average Bonchev–Trinajstić information content (AvgIpc) is 2.85. The highest BCUT2D eigenvalue weighted by Gasteiger charge is 2.34. The first-order valence-electron chi connectivity index (χ1n) is 12.2. The molecule has 9 heteroatoms. The number of nitrogens with one attached hydrogen (secondary N) is 2. The third-order valence-electron chi connectivity index (χ3n) is 6.93. The number of aryl methyl sites for hydroxylation is 2. The Hall–Kier alpha value is -2.91. The van der Waals surface area contributed by atoms with Crippen LogP contribution in [0, 0.1) is 19.8 Å². The van der Waals surface area contributed by atoms with E-state index in [0.29, 0.717) is 56.8 Å². The van der Waals surface area contributed by atoms with Crippen molar-refractivity contribution in [3.05, 3.63) is 59.7 Å². The number of urea groups is 1. The van der Waals surface area contributed by atoms with Crippen molar-refractivity contribution in [2.24, 2.45) is 5.92 Å². The van der Waals surface area contributed by atoms with Crippen LogP contribution < -0.4 is 10.6 Å². The normalized spacial score (nSPS) is 18.3. The molecule has 2 saturated heterocycles. The van der Waals surface area contributed by atoms with E-state index in [4.69, 9.17) is 0 Å². The van der Waals surface area contributed by atoms with E-state index in [2.05, 4.69) is 10.6 Å². The molecule has 0 aliphatic carbocycles. The summed E-state index contributed by atoms with van der Waals surface area (Å²) in [5, 5.41) is 6.03. The smallest absolute Gasteiger partial charge is 0.321 e. The van der Waals surface area contributed by atoms with Gasteiger partial charge in [0.2, 0.25) is 15.9 Å². The fourth-order valence-corrected chi connectivity index (χ4v) is 6.53. The standard InChI is InChI=1S/C26H34N4O4S/c1-19-8-9-24(20(2)18-19)35(33,34)30-16-10-21(11-17-30)25(31)27-23-12-14-29(15-13-23)26(32)28-22-6-4-3-5-7-22/h3-9,18,21,23H,10-17H2,1-2H3,(H,27,31)(H,28,32). The Kier molecular flexibility index (Phi) is 7.76. The van der Waals surface area contributed by atoms with Gasteiger partial charge in [-0.05, 0) is 63.3 Å². The van der Waals surface area contributed by atoms with Crippen molar-refractivity contribution in [1.29, 1.82) is 0 Å². The van der Waals surface area contributed by atoms with Crippen molar-refractivity contribution in [2.75, 3.05) is 31.5 Å². The number of piperidine rings is 2. The first kappa shape index (κ1) is 25.2. The predicted molar refractivity (Wildman–Crippen MR) is 136 cm³/mol. The van der Waals surface area contributed by atoms with Crippen molar-refractivity contribution in [2.45, 2.75) is 50.5 Å². The summed E-state index contributed by atoms with van der Waals surface area (Å²) in [5.74, 6) is -0.208. The summed E-state index contributed by atoms with van der Waals surface area (Å²) in [7, 11) is -3.56. The van der Waals surface area contributed by atoms with Gasteiger partial charge >= 0.3 is 6.03 Å². The first-order valence-corrected chi connectivity index (χ1v) is 13.7. The minimum Gasteiger partial charge on any atom is -0.353 e. The molecule has 35 heavy (non-hydrogen) atoms. The Bertz CT molecular complexity index is 1150. The van der Waals surface area contributed by atoms with E-state index in [1.807, 2.05) is 56.3 Å². The molecule has 0 bridgehead atoms. The SMILES string of the molecule is Cc1ccc(S(=O)(=O)N2CCC(C(=O)NC3CCN(C(=O)Nc4ccccc4)CC3)CC2)c(C)c1. The minimum absolute atomic E-state index is 0.0132. The lowest BCUT2D eigenvalue weighted by atomic mass is 9.96. The summed E-state index contributed by atoms with van der Waals surface area (Å²) in [6.45, 7) is 5.59. The van der Waals surface area contributed by atoms with E-state index in [0.717, 1.165) is 16.8 Å². The van der Waals surface area contributed by atoms with Crippen LogP contribution in [0.3, 0.4) is 0 Å². The zero-order chi connectivity index (χ0) is 25.0. The maximum Gasteiger partial charge on any atom is 0.321 e. The molecule has 2 fully saturated rings. The molecule has 2 N–H and O–H groups in total. The number of sulfonamides is 1. The van der Waals surface area contributed by atoms with Gasteiger partial charge in [0.05, 0.1) is 4.90 Å².